The van der Waals surface area contributed by atoms with Crippen LogP contribution in [0.3, 0.4) is 0 Å². The van der Waals surface area contributed by atoms with Crippen molar-refractivity contribution in [3.05, 3.63) is 101 Å². The highest BCUT2D eigenvalue weighted by molar-refractivity contribution is 5.79. The molecular weight excluding hydrogens is 448 g/mol. The molecule has 2 aliphatic rings. The van der Waals surface area contributed by atoms with Gasteiger partial charge >= 0.3 is 0 Å². The molecule has 5 unspecified atom stereocenters. The first-order chi connectivity index (χ1) is 17.5. The average molecular weight is 485 g/mol. The zero-order valence-corrected chi connectivity index (χ0v) is 21.3. The first kappa shape index (κ1) is 24.5. The Morgan fingerprint density at radius 3 is 2.19 bits per heavy atom. The lowest BCUT2D eigenvalue weighted by Crippen LogP contribution is -2.54. The molecular formula is C30H36N4O2. The van der Waals surface area contributed by atoms with E-state index in [1.807, 2.05) is 19.1 Å². The molecule has 3 aromatic rings. The number of benzene rings is 3. The van der Waals surface area contributed by atoms with Crippen LogP contribution < -0.4 is 26.2 Å². The van der Waals surface area contributed by atoms with E-state index in [1.54, 1.807) is 0 Å². The summed E-state index contributed by atoms with van der Waals surface area (Å²) in [5.74, 6) is 0.879. The molecule has 3 aromatic carbocycles. The fourth-order valence-corrected chi connectivity index (χ4v) is 5.46. The van der Waals surface area contributed by atoms with Crippen molar-refractivity contribution in [3.8, 4) is 5.75 Å². The van der Waals surface area contributed by atoms with Crippen molar-refractivity contribution in [2.75, 3.05) is 6.61 Å². The fourth-order valence-electron chi connectivity index (χ4n) is 5.46. The third-order valence-corrected chi connectivity index (χ3v) is 7.45. The Labute approximate surface area is 213 Å². The minimum absolute atomic E-state index is 0.0308. The van der Waals surface area contributed by atoms with E-state index in [0.29, 0.717) is 13.2 Å². The molecule has 6 heteroatoms. The summed E-state index contributed by atoms with van der Waals surface area (Å²) in [7, 11) is 0. The molecule has 188 valence electrons. The van der Waals surface area contributed by atoms with Gasteiger partial charge in [0.25, 0.3) is 0 Å². The van der Waals surface area contributed by atoms with E-state index in [2.05, 4.69) is 96.0 Å². The van der Waals surface area contributed by atoms with Crippen LogP contribution in [0.1, 0.15) is 53.2 Å². The van der Waals surface area contributed by atoms with Gasteiger partial charge in [0, 0.05) is 24.4 Å². The van der Waals surface area contributed by atoms with Crippen molar-refractivity contribution in [1.82, 2.24) is 21.5 Å². The first-order valence-electron chi connectivity index (χ1n) is 12.9. The third-order valence-electron chi connectivity index (χ3n) is 7.45. The Balaban J connectivity index is 1.38. The van der Waals surface area contributed by atoms with Gasteiger partial charge in [-0.2, -0.15) is 0 Å². The second-order valence-corrected chi connectivity index (χ2v) is 10.00. The molecule has 4 N–H and O–H groups in total. The molecule has 0 radical (unpaired) electrons. The number of hydrogen-bond donors (Lipinski definition) is 4. The van der Waals surface area contributed by atoms with Gasteiger partial charge in [0.2, 0.25) is 5.91 Å². The van der Waals surface area contributed by atoms with Gasteiger partial charge in [-0.1, -0.05) is 71.8 Å². The van der Waals surface area contributed by atoms with Gasteiger partial charge in [-0.25, -0.2) is 10.9 Å². The second-order valence-electron chi connectivity index (χ2n) is 10.00. The molecule has 5 atom stereocenters. The maximum atomic E-state index is 13.7. The molecule has 0 bridgehead atoms. The number of ether oxygens (including phenoxy) is 1. The Morgan fingerprint density at radius 1 is 0.889 bits per heavy atom. The Hall–Kier alpha value is -3.19. The Kier molecular flexibility index (Phi) is 7.37. The van der Waals surface area contributed by atoms with Crippen LogP contribution in [0, 0.1) is 25.7 Å². The summed E-state index contributed by atoms with van der Waals surface area (Å²) in [5, 5.41) is 7.00. The highest BCUT2D eigenvalue weighted by atomic mass is 16.5. The van der Waals surface area contributed by atoms with Crippen LogP contribution in [-0.2, 0) is 11.3 Å². The zero-order valence-electron chi connectivity index (χ0n) is 21.3. The number of nitrogens with one attached hydrogen (secondary N) is 4. The second kappa shape index (κ2) is 10.8. The maximum Gasteiger partial charge on any atom is 0.223 e. The molecule has 1 amide bonds. The molecule has 0 saturated carbocycles. The molecule has 2 heterocycles. The number of amides is 1. The number of rotatable bonds is 7. The van der Waals surface area contributed by atoms with Crippen LogP contribution in [0.15, 0.2) is 72.8 Å². The van der Waals surface area contributed by atoms with Crippen molar-refractivity contribution in [2.24, 2.45) is 11.8 Å². The van der Waals surface area contributed by atoms with Gasteiger partial charge in [-0.05, 0) is 56.0 Å². The smallest absolute Gasteiger partial charge is 0.223 e. The van der Waals surface area contributed by atoms with Crippen LogP contribution in [0.2, 0.25) is 0 Å². The highest BCUT2D eigenvalue weighted by Gasteiger charge is 2.49. The van der Waals surface area contributed by atoms with Crippen LogP contribution in [0.5, 0.6) is 5.75 Å². The zero-order chi connectivity index (χ0) is 25.1. The molecule has 2 fully saturated rings. The monoisotopic (exact) mass is 484 g/mol. The quantitative estimate of drug-likeness (QED) is 0.399. The summed E-state index contributed by atoms with van der Waals surface area (Å²) < 4.78 is 5.62. The fraction of sp³-hybridized carbons (Fsp3) is 0.367. The first-order valence-corrected chi connectivity index (χ1v) is 12.9. The van der Waals surface area contributed by atoms with Gasteiger partial charge in [0.05, 0.1) is 18.8 Å². The van der Waals surface area contributed by atoms with Gasteiger partial charge in [-0.3, -0.25) is 10.1 Å². The van der Waals surface area contributed by atoms with E-state index in [-0.39, 0.29) is 36.0 Å². The topological polar surface area (TPSA) is 74.4 Å². The van der Waals surface area contributed by atoms with Gasteiger partial charge < -0.3 is 10.1 Å². The maximum absolute atomic E-state index is 13.7. The molecule has 0 aromatic heterocycles. The van der Waals surface area contributed by atoms with Crippen molar-refractivity contribution in [1.29, 1.82) is 0 Å². The van der Waals surface area contributed by atoms with Gasteiger partial charge in [-0.15, -0.1) is 0 Å². The normalized spacial score (nSPS) is 25.2. The van der Waals surface area contributed by atoms with E-state index in [9.17, 15) is 4.79 Å². The molecule has 2 saturated heterocycles. The van der Waals surface area contributed by atoms with E-state index < -0.39 is 0 Å². The van der Waals surface area contributed by atoms with Crippen molar-refractivity contribution >= 4 is 5.91 Å². The standard InChI is InChI=1S/C30H36N4O2/c1-4-36-24-15-13-22(14-16-24)26-17-25(30(35)31-18-21-9-5-19(2)6-10-21)27-28(33-34-29(27)32-26)23-11-7-20(3)8-12-23/h5-16,25-29,32-34H,4,17-18H2,1-3H3,(H,31,35). The van der Waals surface area contributed by atoms with E-state index in [4.69, 9.17) is 4.74 Å². The lowest BCUT2D eigenvalue weighted by atomic mass is 9.74. The molecule has 5 rings (SSSR count). The largest absolute Gasteiger partial charge is 0.494 e. The van der Waals surface area contributed by atoms with Crippen LogP contribution >= 0.6 is 0 Å². The van der Waals surface area contributed by atoms with Crippen molar-refractivity contribution in [2.45, 2.75) is 52.0 Å². The Bertz CT molecular complexity index is 1160. The molecule has 0 aliphatic carbocycles. The van der Waals surface area contributed by atoms with Crippen LogP contribution in [0.25, 0.3) is 0 Å². The molecule has 36 heavy (non-hydrogen) atoms. The Morgan fingerprint density at radius 2 is 1.53 bits per heavy atom. The SMILES string of the molecule is CCOc1ccc(C2CC(C(=O)NCc3ccc(C)cc3)C3C(NNC3c3ccc(C)cc3)N2)cc1. The summed E-state index contributed by atoms with van der Waals surface area (Å²) >= 11 is 0. The predicted octanol–water partition coefficient (Wildman–Crippen LogP) is 4.46. The van der Waals surface area contributed by atoms with E-state index in [1.165, 1.54) is 16.7 Å². The van der Waals surface area contributed by atoms with Crippen molar-refractivity contribution in [3.63, 3.8) is 0 Å². The average Bonchev–Trinajstić information content (AvgIpc) is 3.33. The number of carbonyl (C=O) groups excluding carboxylic acids is 1. The van der Waals surface area contributed by atoms with Crippen LogP contribution in [-0.4, -0.2) is 18.7 Å². The minimum atomic E-state index is -0.160. The van der Waals surface area contributed by atoms with Crippen LogP contribution in [0.4, 0.5) is 0 Å². The summed E-state index contributed by atoms with van der Waals surface area (Å²) in [4.78, 5) is 13.7. The number of aryl methyl sites for hydroxylation is 2. The number of piperidine rings is 1. The molecule has 2 aliphatic heterocycles. The van der Waals surface area contributed by atoms with Gasteiger partial charge in [0.1, 0.15) is 5.75 Å². The third kappa shape index (κ3) is 5.31. The number of carbonyl (C=O) groups is 1. The predicted molar refractivity (Wildman–Crippen MR) is 142 cm³/mol. The lowest BCUT2D eigenvalue weighted by molar-refractivity contribution is -0.129. The highest BCUT2D eigenvalue weighted by Crippen LogP contribution is 2.42. The minimum Gasteiger partial charge on any atom is -0.494 e. The molecule has 0 spiro atoms. The van der Waals surface area contributed by atoms with E-state index >= 15 is 0 Å². The van der Waals surface area contributed by atoms with Crippen molar-refractivity contribution < 1.29 is 9.53 Å². The van der Waals surface area contributed by atoms with Gasteiger partial charge in [0.15, 0.2) is 0 Å². The summed E-state index contributed by atoms with van der Waals surface area (Å²) in [6.45, 7) is 7.33. The summed E-state index contributed by atoms with van der Waals surface area (Å²) in [6.07, 6.45) is 0.692. The number of fused-ring (bicyclic) bond motifs is 1. The molecule has 6 nitrogen and oxygen atoms in total. The summed E-state index contributed by atoms with van der Waals surface area (Å²) in [6, 6.07) is 25.2. The van der Waals surface area contributed by atoms with E-state index in [0.717, 1.165) is 23.3 Å². The lowest BCUT2D eigenvalue weighted by Gasteiger charge is -2.40. The number of hydrazine groups is 1. The number of hydrogen-bond acceptors (Lipinski definition) is 5. The summed E-state index contributed by atoms with van der Waals surface area (Å²) in [5.41, 5.74) is 12.8.